The van der Waals surface area contributed by atoms with Gasteiger partial charge in [-0.1, -0.05) is 6.07 Å². The second kappa shape index (κ2) is 5.77. The van der Waals surface area contributed by atoms with Gasteiger partial charge in [-0.15, -0.1) is 0 Å². The molecule has 1 N–H and O–H groups in total. The van der Waals surface area contributed by atoms with E-state index in [0.29, 0.717) is 19.6 Å². The van der Waals surface area contributed by atoms with Crippen LogP contribution in [0.5, 0.6) is 0 Å². The first-order chi connectivity index (χ1) is 9.02. The first kappa shape index (κ1) is 14.1. The molecule has 0 unspecified atom stereocenters. The van der Waals surface area contributed by atoms with Crippen LogP contribution in [0.15, 0.2) is 18.2 Å². The fraction of sp³-hybridized carbons (Fsp3) is 0.538. The van der Waals surface area contributed by atoms with Crippen molar-refractivity contribution < 1.29 is 17.6 Å². The monoisotopic (exact) mass is 276 g/mol. The average Bonchev–Trinajstić information content (AvgIpc) is 2.65. The second-order valence-electron chi connectivity index (χ2n) is 4.57. The first-order valence-corrected chi connectivity index (χ1v) is 6.24. The van der Waals surface area contributed by atoms with Gasteiger partial charge in [-0.3, -0.25) is 0 Å². The summed E-state index contributed by atoms with van der Waals surface area (Å²) in [6.45, 7) is 1.68. The van der Waals surface area contributed by atoms with E-state index in [-0.39, 0.29) is 11.3 Å². The van der Waals surface area contributed by atoms with Gasteiger partial charge in [0.2, 0.25) is 0 Å². The van der Waals surface area contributed by atoms with Crippen LogP contribution in [0, 0.1) is 0 Å². The highest BCUT2D eigenvalue weighted by Gasteiger charge is 2.35. The third-order valence-corrected chi connectivity index (χ3v) is 3.20. The molecular formula is C13H16F4N2. The van der Waals surface area contributed by atoms with Gasteiger partial charge in [0.25, 0.3) is 0 Å². The smallest absolute Gasteiger partial charge is 0.370 e. The summed E-state index contributed by atoms with van der Waals surface area (Å²) in [4.78, 5) is 1.71. The van der Waals surface area contributed by atoms with E-state index < -0.39 is 18.4 Å². The minimum atomic E-state index is -4.46. The van der Waals surface area contributed by atoms with E-state index >= 15 is 0 Å². The van der Waals surface area contributed by atoms with Gasteiger partial charge in [0.15, 0.2) is 0 Å². The number of hydrogen-bond donors (Lipinski definition) is 1. The Balaban J connectivity index is 2.37. The highest BCUT2D eigenvalue weighted by Crippen LogP contribution is 2.37. The molecule has 0 amide bonds. The first-order valence-electron chi connectivity index (χ1n) is 6.24. The van der Waals surface area contributed by atoms with Crippen molar-refractivity contribution in [2.75, 3.05) is 31.1 Å². The molecular weight excluding hydrogens is 260 g/mol. The summed E-state index contributed by atoms with van der Waals surface area (Å²) in [5, 5.41) is 3.14. The highest BCUT2D eigenvalue weighted by molar-refractivity contribution is 5.56. The number of rotatable bonds is 2. The molecule has 2 rings (SSSR count). The molecule has 1 aromatic carbocycles. The predicted octanol–water partition coefficient (Wildman–Crippen LogP) is 2.97. The Kier molecular flexibility index (Phi) is 4.29. The Hall–Kier alpha value is -1.30. The molecule has 0 aromatic heterocycles. The maximum Gasteiger partial charge on any atom is 0.418 e. The lowest BCUT2D eigenvalue weighted by molar-refractivity contribution is -0.137. The molecule has 0 saturated carbocycles. The summed E-state index contributed by atoms with van der Waals surface area (Å²) in [6.07, 6.45) is -3.66. The summed E-state index contributed by atoms with van der Waals surface area (Å²) in [5.41, 5.74) is -0.540. The molecule has 0 radical (unpaired) electrons. The largest absolute Gasteiger partial charge is 0.418 e. The van der Waals surface area contributed by atoms with Gasteiger partial charge in [-0.05, 0) is 30.7 Å². The van der Waals surface area contributed by atoms with Crippen molar-refractivity contribution in [1.82, 2.24) is 5.32 Å². The molecule has 2 nitrogen and oxygen atoms in total. The van der Waals surface area contributed by atoms with Gasteiger partial charge in [-0.2, -0.15) is 13.2 Å². The van der Waals surface area contributed by atoms with Gasteiger partial charge in [0, 0.05) is 25.3 Å². The Morgan fingerprint density at radius 1 is 1.16 bits per heavy atom. The Labute approximate surface area is 109 Å². The molecule has 1 heterocycles. The van der Waals surface area contributed by atoms with Crippen molar-refractivity contribution in [3.8, 4) is 0 Å². The Morgan fingerprint density at radius 2 is 1.95 bits per heavy atom. The van der Waals surface area contributed by atoms with Crippen molar-refractivity contribution >= 4 is 5.69 Å². The zero-order chi connectivity index (χ0) is 13.9. The normalized spacial score (nSPS) is 17.4. The molecule has 19 heavy (non-hydrogen) atoms. The van der Waals surface area contributed by atoms with E-state index in [2.05, 4.69) is 5.32 Å². The van der Waals surface area contributed by atoms with Crippen LogP contribution in [-0.4, -0.2) is 26.2 Å². The maximum atomic E-state index is 13.1. The molecule has 0 aliphatic carbocycles. The van der Waals surface area contributed by atoms with Crippen LogP contribution in [-0.2, 0) is 12.9 Å². The van der Waals surface area contributed by atoms with E-state index in [1.807, 2.05) is 0 Å². The van der Waals surface area contributed by atoms with Crippen molar-refractivity contribution in [3.63, 3.8) is 0 Å². The summed E-state index contributed by atoms with van der Waals surface area (Å²) >= 11 is 0. The van der Waals surface area contributed by atoms with Crippen molar-refractivity contribution in [2.45, 2.75) is 19.3 Å². The third kappa shape index (κ3) is 3.37. The number of halogens is 4. The number of anilines is 1. The van der Waals surface area contributed by atoms with Gasteiger partial charge in [0.1, 0.15) is 6.67 Å². The minimum Gasteiger partial charge on any atom is -0.370 e. The fourth-order valence-electron chi connectivity index (χ4n) is 2.26. The van der Waals surface area contributed by atoms with Gasteiger partial charge < -0.3 is 10.2 Å². The summed E-state index contributed by atoms with van der Waals surface area (Å²) in [6, 6.07) is 3.71. The molecule has 1 aliphatic rings. The summed E-state index contributed by atoms with van der Waals surface area (Å²) < 4.78 is 51.7. The zero-order valence-corrected chi connectivity index (χ0v) is 10.4. The van der Waals surface area contributed by atoms with Crippen LogP contribution in [0.3, 0.4) is 0 Å². The predicted molar refractivity (Wildman–Crippen MR) is 66.0 cm³/mol. The van der Waals surface area contributed by atoms with Gasteiger partial charge >= 0.3 is 6.18 Å². The van der Waals surface area contributed by atoms with E-state index in [4.69, 9.17) is 0 Å². The van der Waals surface area contributed by atoms with Crippen LogP contribution in [0.1, 0.15) is 17.5 Å². The molecule has 0 bridgehead atoms. The van der Waals surface area contributed by atoms with Crippen LogP contribution in [0.25, 0.3) is 0 Å². The zero-order valence-electron chi connectivity index (χ0n) is 10.4. The summed E-state index contributed by atoms with van der Waals surface area (Å²) in [7, 11) is 0. The number of hydrogen-bond acceptors (Lipinski definition) is 2. The van der Waals surface area contributed by atoms with Crippen LogP contribution < -0.4 is 10.2 Å². The van der Waals surface area contributed by atoms with Crippen molar-refractivity contribution in [3.05, 3.63) is 29.3 Å². The quantitative estimate of drug-likeness (QED) is 0.835. The number of nitrogens with zero attached hydrogens (tertiary/aromatic N) is 1. The third-order valence-electron chi connectivity index (χ3n) is 3.20. The molecule has 1 aliphatic heterocycles. The fourth-order valence-corrected chi connectivity index (χ4v) is 2.26. The highest BCUT2D eigenvalue weighted by atomic mass is 19.4. The average molecular weight is 276 g/mol. The molecule has 6 heteroatoms. The molecule has 106 valence electrons. The van der Waals surface area contributed by atoms with Gasteiger partial charge in [0.05, 0.1) is 5.56 Å². The van der Waals surface area contributed by atoms with Crippen LogP contribution in [0.4, 0.5) is 23.2 Å². The van der Waals surface area contributed by atoms with E-state index in [9.17, 15) is 17.6 Å². The van der Waals surface area contributed by atoms with Gasteiger partial charge in [-0.25, -0.2) is 4.39 Å². The topological polar surface area (TPSA) is 15.3 Å². The van der Waals surface area contributed by atoms with Crippen molar-refractivity contribution in [1.29, 1.82) is 0 Å². The lowest BCUT2D eigenvalue weighted by atomic mass is 10.1. The number of benzene rings is 1. The molecule has 0 spiro atoms. The van der Waals surface area contributed by atoms with E-state index in [0.717, 1.165) is 19.0 Å². The molecule has 1 fully saturated rings. The number of nitrogens with one attached hydrogen (secondary N) is 1. The summed E-state index contributed by atoms with van der Waals surface area (Å²) in [5.74, 6) is 0. The van der Waals surface area contributed by atoms with Crippen molar-refractivity contribution in [2.24, 2.45) is 0 Å². The standard InChI is InChI=1S/C13H16F4N2/c14-9-10-2-3-12(11(8-10)13(15,16)17)19-6-1-4-18-5-7-19/h2-3,8,18H,1,4-7,9H2. The molecule has 1 saturated heterocycles. The van der Waals surface area contributed by atoms with E-state index in [1.165, 1.54) is 12.1 Å². The van der Waals surface area contributed by atoms with Crippen LogP contribution in [0.2, 0.25) is 0 Å². The maximum absolute atomic E-state index is 13.1. The lowest BCUT2D eigenvalue weighted by Gasteiger charge is -2.26. The minimum absolute atomic E-state index is 0.0593. The number of alkyl halides is 4. The Bertz CT molecular complexity index is 423. The SMILES string of the molecule is FCc1ccc(N2CCCNCC2)c(C(F)(F)F)c1. The molecule has 0 atom stereocenters. The lowest BCUT2D eigenvalue weighted by Crippen LogP contribution is -2.29. The second-order valence-corrected chi connectivity index (χ2v) is 4.57. The Morgan fingerprint density at radius 3 is 2.63 bits per heavy atom. The van der Waals surface area contributed by atoms with Crippen LogP contribution >= 0.6 is 0 Å². The van der Waals surface area contributed by atoms with E-state index in [1.54, 1.807) is 4.90 Å². The molecule has 1 aromatic rings.